The van der Waals surface area contributed by atoms with E-state index in [0.717, 1.165) is 17.7 Å². The molecule has 118 valence electrons. The summed E-state index contributed by atoms with van der Waals surface area (Å²) in [5, 5.41) is 14.8. The van der Waals surface area contributed by atoms with E-state index in [2.05, 4.69) is 16.7 Å². The Balaban J connectivity index is 1.76. The van der Waals surface area contributed by atoms with Crippen molar-refractivity contribution in [3.8, 4) is 11.8 Å². The molecular weight excluding hydrogens is 290 g/mol. The Morgan fingerprint density at radius 2 is 2.04 bits per heavy atom. The topological polar surface area (TPSA) is 74.2 Å². The molecule has 0 aliphatic heterocycles. The van der Waals surface area contributed by atoms with Crippen molar-refractivity contribution in [1.82, 2.24) is 5.32 Å². The molecule has 0 aliphatic carbocycles. The van der Waals surface area contributed by atoms with Gasteiger partial charge < -0.3 is 15.4 Å². The molecular formula is C18H19N3O2. The highest BCUT2D eigenvalue weighted by molar-refractivity contribution is 5.81. The van der Waals surface area contributed by atoms with Crippen LogP contribution in [0, 0.1) is 11.3 Å². The zero-order chi connectivity index (χ0) is 16.5. The van der Waals surface area contributed by atoms with E-state index in [9.17, 15) is 4.79 Å². The van der Waals surface area contributed by atoms with Crippen molar-refractivity contribution in [2.24, 2.45) is 0 Å². The predicted octanol–water partition coefficient (Wildman–Crippen LogP) is 2.34. The van der Waals surface area contributed by atoms with E-state index in [1.54, 1.807) is 25.3 Å². The number of amides is 1. The molecule has 0 unspecified atom stereocenters. The van der Waals surface area contributed by atoms with Gasteiger partial charge in [-0.2, -0.15) is 5.26 Å². The number of nitrogens with zero attached hydrogens (tertiary/aromatic N) is 1. The maximum absolute atomic E-state index is 11.8. The van der Waals surface area contributed by atoms with E-state index >= 15 is 0 Å². The molecule has 0 fully saturated rings. The normalized spacial score (nSPS) is 9.74. The average molecular weight is 309 g/mol. The molecule has 0 atom stereocenters. The number of carbonyl (C=O) groups excluding carboxylic acids is 1. The van der Waals surface area contributed by atoms with Crippen LogP contribution < -0.4 is 15.4 Å². The van der Waals surface area contributed by atoms with Crippen LogP contribution >= 0.6 is 0 Å². The van der Waals surface area contributed by atoms with Gasteiger partial charge >= 0.3 is 0 Å². The van der Waals surface area contributed by atoms with Crippen molar-refractivity contribution in [2.45, 2.75) is 6.42 Å². The van der Waals surface area contributed by atoms with E-state index in [-0.39, 0.29) is 12.5 Å². The second-order valence-electron chi connectivity index (χ2n) is 4.96. The van der Waals surface area contributed by atoms with Gasteiger partial charge in [0, 0.05) is 6.54 Å². The van der Waals surface area contributed by atoms with Crippen molar-refractivity contribution in [3.05, 3.63) is 59.7 Å². The van der Waals surface area contributed by atoms with Crippen LogP contribution in [-0.4, -0.2) is 26.1 Å². The first-order valence-electron chi connectivity index (χ1n) is 7.35. The Labute approximate surface area is 135 Å². The monoisotopic (exact) mass is 309 g/mol. The largest absolute Gasteiger partial charge is 0.497 e. The molecule has 0 aromatic heterocycles. The third-order valence-electron chi connectivity index (χ3n) is 3.36. The number of carbonyl (C=O) groups is 1. The number of hydrogen-bond acceptors (Lipinski definition) is 4. The Kier molecular flexibility index (Phi) is 6.01. The fourth-order valence-electron chi connectivity index (χ4n) is 2.15. The number of anilines is 1. The number of hydrogen-bond donors (Lipinski definition) is 2. The van der Waals surface area contributed by atoms with Gasteiger partial charge in [0.15, 0.2) is 0 Å². The van der Waals surface area contributed by atoms with Crippen molar-refractivity contribution in [2.75, 3.05) is 25.5 Å². The summed E-state index contributed by atoms with van der Waals surface area (Å²) in [4.78, 5) is 11.8. The second-order valence-corrected chi connectivity index (χ2v) is 4.96. The maximum atomic E-state index is 11.8. The number of nitriles is 1. The van der Waals surface area contributed by atoms with E-state index in [4.69, 9.17) is 10.00 Å². The second kappa shape index (κ2) is 8.44. The van der Waals surface area contributed by atoms with Crippen LogP contribution in [-0.2, 0) is 11.2 Å². The van der Waals surface area contributed by atoms with Crippen molar-refractivity contribution >= 4 is 11.6 Å². The lowest BCUT2D eigenvalue weighted by molar-refractivity contribution is -0.119. The van der Waals surface area contributed by atoms with E-state index in [1.807, 2.05) is 30.3 Å². The number of rotatable bonds is 7. The molecule has 0 spiro atoms. The molecule has 0 radical (unpaired) electrons. The Morgan fingerprint density at radius 3 is 2.83 bits per heavy atom. The summed E-state index contributed by atoms with van der Waals surface area (Å²) in [5.74, 6) is 0.698. The number of methoxy groups -OCH3 is 1. The molecule has 2 aromatic rings. The minimum absolute atomic E-state index is 0.111. The third-order valence-corrected chi connectivity index (χ3v) is 3.36. The first-order valence-corrected chi connectivity index (χ1v) is 7.35. The van der Waals surface area contributed by atoms with Crippen molar-refractivity contribution in [1.29, 1.82) is 5.26 Å². The molecule has 0 saturated heterocycles. The molecule has 0 heterocycles. The maximum Gasteiger partial charge on any atom is 0.239 e. The van der Waals surface area contributed by atoms with Gasteiger partial charge in [0.2, 0.25) is 5.91 Å². The number of benzene rings is 2. The summed E-state index contributed by atoms with van der Waals surface area (Å²) < 4.78 is 5.17. The zero-order valence-electron chi connectivity index (χ0n) is 13.0. The van der Waals surface area contributed by atoms with Crippen LogP contribution in [0.5, 0.6) is 5.75 Å². The SMILES string of the molecule is COc1cccc(CCNC(=O)CNc2ccccc2C#N)c1. The van der Waals surface area contributed by atoms with Gasteiger partial charge in [-0.25, -0.2) is 0 Å². The van der Waals surface area contributed by atoms with Gasteiger partial charge in [0.1, 0.15) is 11.8 Å². The lowest BCUT2D eigenvalue weighted by Crippen LogP contribution is -2.31. The Bertz CT molecular complexity index is 707. The molecule has 2 rings (SSSR count). The van der Waals surface area contributed by atoms with E-state index < -0.39 is 0 Å². The molecule has 2 aromatic carbocycles. The van der Waals surface area contributed by atoms with Gasteiger partial charge in [-0.15, -0.1) is 0 Å². The fourth-order valence-corrected chi connectivity index (χ4v) is 2.15. The highest BCUT2D eigenvalue weighted by Gasteiger charge is 2.04. The minimum Gasteiger partial charge on any atom is -0.497 e. The summed E-state index contributed by atoms with van der Waals surface area (Å²) in [6.07, 6.45) is 0.734. The van der Waals surface area contributed by atoms with Crippen LogP contribution in [0.2, 0.25) is 0 Å². The number of nitrogens with one attached hydrogen (secondary N) is 2. The van der Waals surface area contributed by atoms with Crippen LogP contribution in [0.3, 0.4) is 0 Å². The summed E-state index contributed by atoms with van der Waals surface area (Å²) in [6, 6.07) is 17.0. The Hall–Kier alpha value is -3.00. The highest BCUT2D eigenvalue weighted by atomic mass is 16.5. The van der Waals surface area contributed by atoms with Crippen LogP contribution in [0.1, 0.15) is 11.1 Å². The van der Waals surface area contributed by atoms with E-state index in [1.165, 1.54) is 0 Å². The minimum atomic E-state index is -0.111. The molecule has 23 heavy (non-hydrogen) atoms. The summed E-state index contributed by atoms with van der Waals surface area (Å²) in [6.45, 7) is 0.685. The van der Waals surface area contributed by atoms with Crippen molar-refractivity contribution < 1.29 is 9.53 Å². The molecule has 0 bridgehead atoms. The van der Waals surface area contributed by atoms with Gasteiger partial charge in [0.25, 0.3) is 0 Å². The molecule has 2 N–H and O–H groups in total. The summed E-state index contributed by atoms with van der Waals surface area (Å²) in [7, 11) is 1.63. The van der Waals surface area contributed by atoms with Gasteiger partial charge in [0.05, 0.1) is 24.9 Å². The highest BCUT2D eigenvalue weighted by Crippen LogP contribution is 2.13. The average Bonchev–Trinajstić information content (AvgIpc) is 2.60. The smallest absolute Gasteiger partial charge is 0.239 e. The molecule has 5 nitrogen and oxygen atoms in total. The van der Waals surface area contributed by atoms with Gasteiger partial charge in [-0.3, -0.25) is 4.79 Å². The first-order chi connectivity index (χ1) is 11.2. The van der Waals surface area contributed by atoms with Crippen LogP contribution in [0.4, 0.5) is 5.69 Å². The number of ether oxygens (including phenoxy) is 1. The van der Waals surface area contributed by atoms with Gasteiger partial charge in [-0.05, 0) is 36.2 Å². The lowest BCUT2D eigenvalue weighted by atomic mass is 10.1. The number of para-hydroxylation sites is 1. The van der Waals surface area contributed by atoms with E-state index in [0.29, 0.717) is 17.8 Å². The predicted molar refractivity (Wildman–Crippen MR) is 89.4 cm³/mol. The lowest BCUT2D eigenvalue weighted by Gasteiger charge is -2.09. The van der Waals surface area contributed by atoms with Crippen LogP contribution in [0.25, 0.3) is 0 Å². The first kappa shape index (κ1) is 16.4. The zero-order valence-corrected chi connectivity index (χ0v) is 13.0. The molecule has 1 amide bonds. The fraction of sp³-hybridized carbons (Fsp3) is 0.222. The quantitative estimate of drug-likeness (QED) is 0.823. The molecule has 0 aliphatic rings. The van der Waals surface area contributed by atoms with Crippen LogP contribution in [0.15, 0.2) is 48.5 Å². The van der Waals surface area contributed by atoms with Crippen molar-refractivity contribution in [3.63, 3.8) is 0 Å². The standard InChI is InChI=1S/C18H19N3O2/c1-23-16-7-4-5-14(11-16)9-10-20-18(22)13-21-17-8-3-2-6-15(17)12-19/h2-8,11,21H,9-10,13H2,1H3,(H,20,22). The molecule has 5 heteroatoms. The van der Waals surface area contributed by atoms with Gasteiger partial charge in [-0.1, -0.05) is 24.3 Å². The summed E-state index contributed by atoms with van der Waals surface area (Å²) in [5.41, 5.74) is 2.29. The summed E-state index contributed by atoms with van der Waals surface area (Å²) >= 11 is 0. The molecule has 0 saturated carbocycles. The third kappa shape index (κ3) is 5.04. The Morgan fingerprint density at radius 1 is 1.22 bits per heavy atom.